The Morgan fingerprint density at radius 3 is 2.45 bits per heavy atom. The van der Waals surface area contributed by atoms with Crippen LogP contribution in [0.3, 0.4) is 0 Å². The molecule has 0 unspecified atom stereocenters. The highest BCUT2D eigenvalue weighted by Crippen LogP contribution is 2.28. The maximum Gasteiger partial charge on any atom is 0.408 e. The van der Waals surface area contributed by atoms with Crippen LogP contribution < -0.4 is 5.32 Å². The van der Waals surface area contributed by atoms with Crippen molar-refractivity contribution in [3.8, 4) is 0 Å². The summed E-state index contributed by atoms with van der Waals surface area (Å²) in [5.41, 5.74) is 0.822. The molecular formula is C16H20FNO4. The molecule has 0 spiro atoms. The monoisotopic (exact) mass is 309 g/mol. The highest BCUT2D eigenvalue weighted by molar-refractivity contribution is 5.80. The fourth-order valence-electron chi connectivity index (χ4n) is 2.68. The molecule has 1 fully saturated rings. The lowest BCUT2D eigenvalue weighted by atomic mass is 9.83. The van der Waals surface area contributed by atoms with Gasteiger partial charge in [0.25, 0.3) is 0 Å². The molecule has 6 heteroatoms. The van der Waals surface area contributed by atoms with Crippen molar-refractivity contribution >= 4 is 12.1 Å². The fourth-order valence-corrected chi connectivity index (χ4v) is 2.68. The van der Waals surface area contributed by atoms with Gasteiger partial charge in [0.05, 0.1) is 0 Å². The molecule has 1 aliphatic rings. The lowest BCUT2D eigenvalue weighted by Gasteiger charge is -2.29. The van der Waals surface area contributed by atoms with Gasteiger partial charge in [-0.05, 0) is 37.2 Å². The van der Waals surface area contributed by atoms with E-state index < -0.39 is 24.3 Å². The first-order valence-corrected chi connectivity index (χ1v) is 7.40. The molecule has 120 valence electrons. The average molecular weight is 309 g/mol. The zero-order valence-corrected chi connectivity index (χ0v) is 12.2. The Bertz CT molecular complexity index is 500. The summed E-state index contributed by atoms with van der Waals surface area (Å²) in [7, 11) is 0. The normalized spacial score (nSPS) is 22.6. The van der Waals surface area contributed by atoms with Crippen LogP contribution in [0.15, 0.2) is 30.3 Å². The molecule has 1 aromatic carbocycles. The number of aliphatic carboxylic acids is 1. The molecule has 1 aromatic rings. The van der Waals surface area contributed by atoms with Crippen LogP contribution >= 0.6 is 0 Å². The highest BCUT2D eigenvalue weighted by Gasteiger charge is 2.33. The molecule has 0 aliphatic heterocycles. The van der Waals surface area contributed by atoms with Gasteiger partial charge in [-0.1, -0.05) is 30.3 Å². The van der Waals surface area contributed by atoms with Crippen molar-refractivity contribution in [2.75, 3.05) is 0 Å². The third-order valence-electron chi connectivity index (χ3n) is 3.92. The Hall–Kier alpha value is -2.11. The van der Waals surface area contributed by atoms with E-state index in [4.69, 9.17) is 4.74 Å². The summed E-state index contributed by atoms with van der Waals surface area (Å²) >= 11 is 0. The van der Waals surface area contributed by atoms with Crippen LogP contribution in [0.1, 0.15) is 31.2 Å². The summed E-state index contributed by atoms with van der Waals surface area (Å²) in [6, 6.07) is 8.09. The highest BCUT2D eigenvalue weighted by atomic mass is 19.1. The summed E-state index contributed by atoms with van der Waals surface area (Å²) in [5, 5.41) is 11.6. The summed E-state index contributed by atoms with van der Waals surface area (Å²) in [6.07, 6.45) is -0.0344. The van der Waals surface area contributed by atoms with E-state index >= 15 is 0 Å². The second kappa shape index (κ2) is 7.77. The van der Waals surface area contributed by atoms with Gasteiger partial charge in [0, 0.05) is 0 Å². The van der Waals surface area contributed by atoms with E-state index in [-0.39, 0.29) is 12.5 Å². The van der Waals surface area contributed by atoms with Crippen molar-refractivity contribution in [2.45, 2.75) is 44.5 Å². The molecule has 0 bridgehead atoms. The van der Waals surface area contributed by atoms with Gasteiger partial charge in [-0.25, -0.2) is 14.0 Å². The Balaban J connectivity index is 1.85. The van der Waals surface area contributed by atoms with Crippen molar-refractivity contribution in [1.29, 1.82) is 0 Å². The number of carboxylic acids is 1. The predicted octanol–water partition coefficient (Wildman–Crippen LogP) is 2.89. The van der Waals surface area contributed by atoms with E-state index in [1.54, 1.807) is 0 Å². The minimum absolute atomic E-state index is 0.0796. The van der Waals surface area contributed by atoms with E-state index in [1.165, 1.54) is 0 Å². The van der Waals surface area contributed by atoms with Gasteiger partial charge in [-0.3, -0.25) is 0 Å². The smallest absolute Gasteiger partial charge is 0.408 e. The van der Waals surface area contributed by atoms with Crippen LogP contribution in [-0.2, 0) is 16.1 Å². The van der Waals surface area contributed by atoms with Crippen LogP contribution in [0.2, 0.25) is 0 Å². The first kappa shape index (κ1) is 16.3. The van der Waals surface area contributed by atoms with Crippen LogP contribution in [0.25, 0.3) is 0 Å². The van der Waals surface area contributed by atoms with E-state index in [9.17, 15) is 19.1 Å². The molecule has 1 saturated carbocycles. The number of ether oxygens (including phenoxy) is 1. The molecule has 5 nitrogen and oxygen atoms in total. The number of carbonyl (C=O) groups is 2. The fraction of sp³-hybridized carbons (Fsp3) is 0.500. The molecule has 0 radical (unpaired) electrons. The quantitative estimate of drug-likeness (QED) is 0.877. The molecule has 0 saturated heterocycles. The summed E-state index contributed by atoms with van der Waals surface area (Å²) in [4.78, 5) is 23.1. The first-order chi connectivity index (χ1) is 10.6. The molecule has 1 amide bonds. The van der Waals surface area contributed by atoms with Gasteiger partial charge in [0.1, 0.15) is 18.8 Å². The van der Waals surface area contributed by atoms with Gasteiger partial charge < -0.3 is 15.2 Å². The van der Waals surface area contributed by atoms with Crippen LogP contribution in [0.5, 0.6) is 0 Å². The molecule has 0 heterocycles. The SMILES string of the molecule is O=C(N[C@H](C(=O)O)C1CCC(F)CC1)OCc1ccccc1. The van der Waals surface area contributed by atoms with Gasteiger partial charge in [0.2, 0.25) is 0 Å². The van der Waals surface area contributed by atoms with Gasteiger partial charge in [0.15, 0.2) is 0 Å². The van der Waals surface area contributed by atoms with E-state index in [1.807, 2.05) is 30.3 Å². The number of hydrogen-bond donors (Lipinski definition) is 2. The van der Waals surface area contributed by atoms with Crippen LogP contribution in [0.4, 0.5) is 9.18 Å². The van der Waals surface area contributed by atoms with Gasteiger partial charge in [-0.15, -0.1) is 0 Å². The van der Waals surface area contributed by atoms with Gasteiger partial charge in [-0.2, -0.15) is 0 Å². The minimum atomic E-state index is -1.11. The van der Waals surface area contributed by atoms with E-state index in [0.29, 0.717) is 25.7 Å². The third-order valence-corrected chi connectivity index (χ3v) is 3.92. The Morgan fingerprint density at radius 1 is 1.23 bits per heavy atom. The maximum absolute atomic E-state index is 13.1. The number of halogens is 1. The number of rotatable bonds is 5. The van der Waals surface area contributed by atoms with E-state index in [2.05, 4.69) is 5.32 Å². The topological polar surface area (TPSA) is 75.6 Å². The number of benzene rings is 1. The third kappa shape index (κ3) is 4.72. The van der Waals surface area contributed by atoms with Crippen molar-refractivity contribution in [3.63, 3.8) is 0 Å². The summed E-state index contributed by atoms with van der Waals surface area (Å²) in [6.45, 7) is 0.0796. The zero-order valence-electron chi connectivity index (χ0n) is 12.2. The lowest BCUT2D eigenvalue weighted by molar-refractivity contribution is -0.141. The second-order valence-corrected chi connectivity index (χ2v) is 5.53. The molecule has 2 N–H and O–H groups in total. The first-order valence-electron chi connectivity index (χ1n) is 7.40. The zero-order chi connectivity index (χ0) is 15.9. The largest absolute Gasteiger partial charge is 0.480 e. The maximum atomic E-state index is 13.1. The number of hydrogen-bond acceptors (Lipinski definition) is 3. The molecule has 1 aliphatic carbocycles. The standard InChI is InChI=1S/C16H20FNO4/c17-13-8-6-12(7-9-13)14(15(19)20)18-16(21)22-10-11-4-2-1-3-5-11/h1-5,12-14H,6-10H2,(H,18,21)(H,19,20)/t12?,13?,14-/m0/s1. The lowest BCUT2D eigenvalue weighted by Crippen LogP contribution is -2.47. The van der Waals surface area contributed by atoms with Crippen molar-refractivity contribution in [1.82, 2.24) is 5.32 Å². The molecular weight excluding hydrogens is 289 g/mol. The Kier molecular flexibility index (Phi) is 5.75. The van der Waals surface area contributed by atoms with Gasteiger partial charge >= 0.3 is 12.1 Å². The average Bonchev–Trinajstić information content (AvgIpc) is 2.52. The number of amides is 1. The molecule has 22 heavy (non-hydrogen) atoms. The minimum Gasteiger partial charge on any atom is -0.480 e. The molecule has 1 atom stereocenters. The molecule has 2 rings (SSSR count). The Labute approximate surface area is 128 Å². The van der Waals surface area contributed by atoms with Crippen molar-refractivity contribution in [3.05, 3.63) is 35.9 Å². The van der Waals surface area contributed by atoms with Crippen molar-refractivity contribution in [2.24, 2.45) is 5.92 Å². The predicted molar refractivity (Wildman–Crippen MR) is 78.0 cm³/mol. The number of alkyl halides is 1. The summed E-state index contributed by atoms with van der Waals surface area (Å²) in [5.74, 6) is -1.37. The van der Waals surface area contributed by atoms with E-state index in [0.717, 1.165) is 5.56 Å². The number of nitrogens with one attached hydrogen (secondary N) is 1. The Morgan fingerprint density at radius 2 is 1.86 bits per heavy atom. The summed E-state index contributed by atoms with van der Waals surface area (Å²) < 4.78 is 18.2. The van der Waals surface area contributed by atoms with Crippen LogP contribution in [-0.4, -0.2) is 29.4 Å². The number of alkyl carbamates (subject to hydrolysis) is 1. The number of carboxylic acid groups (broad SMARTS) is 1. The second-order valence-electron chi connectivity index (χ2n) is 5.53. The molecule has 0 aromatic heterocycles. The van der Waals surface area contributed by atoms with Crippen molar-refractivity contribution < 1.29 is 23.8 Å². The number of carbonyl (C=O) groups excluding carboxylic acids is 1. The van der Waals surface area contributed by atoms with Crippen LogP contribution in [0, 0.1) is 5.92 Å².